The molecule has 3 rings (SSSR count). The summed E-state index contributed by atoms with van der Waals surface area (Å²) in [5, 5.41) is 11.6. The number of fused-ring (bicyclic) bond motifs is 1. The third-order valence-corrected chi connectivity index (χ3v) is 3.82. The summed E-state index contributed by atoms with van der Waals surface area (Å²) in [4.78, 5) is 21.8. The molecule has 28 heavy (non-hydrogen) atoms. The molecule has 0 fully saturated rings. The fourth-order valence-corrected chi connectivity index (χ4v) is 2.40. The topological polar surface area (TPSA) is 88.0 Å². The van der Waals surface area contributed by atoms with E-state index in [0.29, 0.717) is 0 Å². The molecule has 3 heterocycles. The molecular formula is C19H19F3N4O2. The van der Waals surface area contributed by atoms with Gasteiger partial charge in [-0.3, -0.25) is 9.97 Å². The number of carboxylic acids is 1. The van der Waals surface area contributed by atoms with E-state index < -0.39 is 12.1 Å². The first-order chi connectivity index (χ1) is 13.3. The molecule has 2 N–H and O–H groups in total. The number of carboxylic acid groups (broad SMARTS) is 1. The van der Waals surface area contributed by atoms with E-state index >= 15 is 0 Å². The van der Waals surface area contributed by atoms with E-state index in [0.717, 1.165) is 36.1 Å². The largest absolute Gasteiger partial charge is 0.490 e. The molecule has 0 unspecified atom stereocenters. The van der Waals surface area contributed by atoms with Gasteiger partial charge in [0.1, 0.15) is 5.52 Å². The van der Waals surface area contributed by atoms with E-state index in [1.54, 1.807) is 6.20 Å². The first kappa shape index (κ1) is 21.1. The maximum Gasteiger partial charge on any atom is 0.490 e. The number of aryl methyl sites for hydroxylation is 2. The van der Waals surface area contributed by atoms with Crippen molar-refractivity contribution in [1.29, 1.82) is 0 Å². The number of nitrogens with one attached hydrogen (secondary N) is 1. The van der Waals surface area contributed by atoms with E-state index in [-0.39, 0.29) is 0 Å². The quantitative estimate of drug-likeness (QED) is 0.638. The maximum absolute atomic E-state index is 10.6. The highest BCUT2D eigenvalue weighted by atomic mass is 19.4. The Morgan fingerprint density at radius 3 is 2.57 bits per heavy atom. The monoisotopic (exact) mass is 392 g/mol. The van der Waals surface area contributed by atoms with Crippen LogP contribution in [-0.4, -0.2) is 38.7 Å². The summed E-state index contributed by atoms with van der Waals surface area (Å²) in [5.41, 5.74) is 3.54. The lowest BCUT2D eigenvalue weighted by molar-refractivity contribution is -0.192. The molecule has 9 heteroatoms. The Bertz CT molecular complexity index is 927. The van der Waals surface area contributed by atoms with Crippen molar-refractivity contribution in [2.24, 2.45) is 0 Å². The number of hydrogen-bond acceptors (Lipinski definition) is 5. The lowest BCUT2D eigenvalue weighted by atomic mass is 10.1. The van der Waals surface area contributed by atoms with Crippen LogP contribution in [0.4, 0.5) is 19.0 Å². The van der Waals surface area contributed by atoms with Crippen molar-refractivity contribution in [2.45, 2.75) is 25.9 Å². The number of carbonyl (C=O) groups is 1. The highest BCUT2D eigenvalue weighted by molar-refractivity contribution is 5.87. The first-order valence-electron chi connectivity index (χ1n) is 8.42. The minimum absolute atomic E-state index is 0.861. The van der Waals surface area contributed by atoms with Gasteiger partial charge in [0.2, 0.25) is 0 Å². The highest BCUT2D eigenvalue weighted by Gasteiger charge is 2.38. The molecule has 0 saturated carbocycles. The Balaban J connectivity index is 0.000000345. The Morgan fingerprint density at radius 2 is 1.89 bits per heavy atom. The molecule has 148 valence electrons. The van der Waals surface area contributed by atoms with Crippen molar-refractivity contribution in [2.75, 3.05) is 11.9 Å². The molecule has 0 saturated heterocycles. The molecule has 0 bridgehead atoms. The molecule has 0 aliphatic heterocycles. The van der Waals surface area contributed by atoms with Crippen LogP contribution >= 0.6 is 0 Å². The second-order valence-corrected chi connectivity index (χ2v) is 5.87. The Hall–Kier alpha value is -3.23. The van der Waals surface area contributed by atoms with E-state index in [1.807, 2.05) is 30.7 Å². The van der Waals surface area contributed by atoms with Gasteiger partial charge in [-0.1, -0.05) is 6.07 Å². The number of alkyl halides is 3. The van der Waals surface area contributed by atoms with Gasteiger partial charge in [-0.25, -0.2) is 9.78 Å². The third-order valence-electron chi connectivity index (χ3n) is 3.82. The van der Waals surface area contributed by atoms with Crippen LogP contribution in [0.2, 0.25) is 0 Å². The van der Waals surface area contributed by atoms with Crippen LogP contribution in [0, 0.1) is 6.92 Å². The molecule has 0 aliphatic carbocycles. The molecule has 6 nitrogen and oxygen atoms in total. The molecule has 0 spiro atoms. The molecular weight excluding hydrogens is 373 g/mol. The average molecular weight is 392 g/mol. The molecule has 0 amide bonds. The van der Waals surface area contributed by atoms with Crippen LogP contribution in [0.3, 0.4) is 0 Å². The van der Waals surface area contributed by atoms with Crippen molar-refractivity contribution in [1.82, 2.24) is 15.0 Å². The predicted octanol–water partition coefficient (Wildman–Crippen LogP) is 4.01. The summed E-state index contributed by atoms with van der Waals surface area (Å²) in [7, 11) is 0. The lowest BCUT2D eigenvalue weighted by Crippen LogP contribution is -2.21. The van der Waals surface area contributed by atoms with Gasteiger partial charge in [0.05, 0.1) is 0 Å². The Labute approximate surface area is 159 Å². The fraction of sp³-hybridized carbons (Fsp3) is 0.263. The molecule has 3 aromatic rings. The highest BCUT2D eigenvalue weighted by Crippen LogP contribution is 2.18. The summed E-state index contributed by atoms with van der Waals surface area (Å²) in [6, 6.07) is 8.06. The summed E-state index contributed by atoms with van der Waals surface area (Å²) < 4.78 is 31.7. The van der Waals surface area contributed by atoms with Gasteiger partial charge in [-0.2, -0.15) is 13.2 Å². The summed E-state index contributed by atoms with van der Waals surface area (Å²) in [6.45, 7) is 2.98. The average Bonchev–Trinajstić information content (AvgIpc) is 2.66. The van der Waals surface area contributed by atoms with E-state index in [4.69, 9.17) is 9.90 Å². The van der Waals surface area contributed by atoms with Crippen molar-refractivity contribution in [3.05, 3.63) is 60.2 Å². The van der Waals surface area contributed by atoms with Crippen LogP contribution in [0.15, 0.2) is 49.1 Å². The number of halogens is 3. The number of hydrogen-bond donors (Lipinski definition) is 2. The number of aliphatic carboxylic acids is 1. The van der Waals surface area contributed by atoms with Gasteiger partial charge < -0.3 is 10.4 Å². The van der Waals surface area contributed by atoms with Gasteiger partial charge in [0, 0.05) is 36.7 Å². The Kier molecular flexibility index (Phi) is 7.25. The normalized spacial score (nSPS) is 10.9. The maximum atomic E-state index is 10.6. The predicted molar refractivity (Wildman–Crippen MR) is 99.0 cm³/mol. The SMILES string of the molecule is Cc1cnccc1CCCNc1nccc2cccnc12.O=C(O)C(F)(F)F. The van der Waals surface area contributed by atoms with Crippen molar-refractivity contribution in [3.8, 4) is 0 Å². The minimum Gasteiger partial charge on any atom is -0.475 e. The summed E-state index contributed by atoms with van der Waals surface area (Å²) in [5.74, 6) is -1.90. The van der Waals surface area contributed by atoms with Crippen molar-refractivity contribution < 1.29 is 23.1 Å². The van der Waals surface area contributed by atoms with E-state index in [9.17, 15) is 13.2 Å². The van der Waals surface area contributed by atoms with Crippen LogP contribution in [0.5, 0.6) is 0 Å². The van der Waals surface area contributed by atoms with Crippen molar-refractivity contribution >= 4 is 22.7 Å². The lowest BCUT2D eigenvalue weighted by Gasteiger charge is -2.08. The smallest absolute Gasteiger partial charge is 0.475 e. The van der Waals surface area contributed by atoms with Gasteiger partial charge in [-0.05, 0) is 49.1 Å². The third kappa shape index (κ3) is 6.19. The van der Waals surface area contributed by atoms with Crippen molar-refractivity contribution in [3.63, 3.8) is 0 Å². The van der Waals surface area contributed by atoms with Gasteiger partial charge >= 0.3 is 12.1 Å². The molecule has 0 aliphatic rings. The number of nitrogens with zero attached hydrogens (tertiary/aromatic N) is 3. The number of pyridine rings is 3. The van der Waals surface area contributed by atoms with Gasteiger partial charge in [0.15, 0.2) is 5.82 Å². The van der Waals surface area contributed by atoms with E-state index in [1.165, 1.54) is 11.1 Å². The molecule has 0 radical (unpaired) electrons. The first-order valence-corrected chi connectivity index (χ1v) is 8.42. The fourth-order valence-electron chi connectivity index (χ4n) is 2.40. The van der Waals surface area contributed by atoms with E-state index in [2.05, 4.69) is 39.3 Å². The zero-order chi connectivity index (χ0) is 20.6. The van der Waals surface area contributed by atoms with Crippen LogP contribution in [0.25, 0.3) is 10.9 Å². The Morgan fingerprint density at radius 1 is 1.14 bits per heavy atom. The zero-order valence-corrected chi connectivity index (χ0v) is 15.1. The second-order valence-electron chi connectivity index (χ2n) is 5.87. The molecule has 0 atom stereocenters. The van der Waals surface area contributed by atoms with Gasteiger partial charge in [-0.15, -0.1) is 0 Å². The molecule has 0 aromatic carbocycles. The standard InChI is InChI=1S/C17H18N4.C2HF3O2/c1-13-12-18-10-6-14(13)4-2-9-20-17-16-15(7-11-21-17)5-3-8-19-16;3-2(4,5)1(6)7/h3,5-8,10-12H,2,4,9H2,1H3,(H,20,21);(H,6,7). The van der Waals surface area contributed by atoms with Gasteiger partial charge in [0.25, 0.3) is 0 Å². The minimum atomic E-state index is -5.08. The van der Waals surface area contributed by atoms with Crippen LogP contribution in [-0.2, 0) is 11.2 Å². The number of rotatable bonds is 5. The zero-order valence-electron chi connectivity index (χ0n) is 15.1. The number of anilines is 1. The second kappa shape index (κ2) is 9.63. The van der Waals surface area contributed by atoms with Crippen LogP contribution < -0.4 is 5.32 Å². The molecule has 3 aromatic heterocycles. The van der Waals surface area contributed by atoms with Crippen LogP contribution in [0.1, 0.15) is 17.5 Å². The summed E-state index contributed by atoms with van der Waals surface area (Å²) >= 11 is 0. The number of aromatic nitrogens is 3. The summed E-state index contributed by atoms with van der Waals surface area (Å²) in [6.07, 6.45) is 4.40.